The number of halogens is 1. The molecule has 0 saturated heterocycles. The summed E-state index contributed by atoms with van der Waals surface area (Å²) in [5.41, 5.74) is 9.05. The van der Waals surface area contributed by atoms with Crippen LogP contribution in [0.3, 0.4) is 0 Å². The lowest BCUT2D eigenvalue weighted by Crippen LogP contribution is -2.41. The first-order valence-electron chi connectivity index (χ1n) is 10.1. The van der Waals surface area contributed by atoms with Crippen molar-refractivity contribution in [2.24, 2.45) is 5.73 Å². The van der Waals surface area contributed by atoms with Crippen molar-refractivity contribution < 1.29 is 18.4 Å². The monoisotopic (exact) mass is 422 g/mol. The molecular weight excluding hydrogens is 399 g/mol. The number of carbonyl (C=O) groups is 2. The molecule has 4 N–H and O–H groups in total. The molecule has 0 fully saturated rings. The van der Waals surface area contributed by atoms with Crippen LogP contribution >= 0.6 is 0 Å². The second-order valence-corrected chi connectivity index (χ2v) is 7.71. The molecule has 3 aromatic rings. The van der Waals surface area contributed by atoms with Gasteiger partial charge in [-0.3, -0.25) is 9.59 Å². The van der Waals surface area contributed by atoms with Crippen molar-refractivity contribution in [3.63, 3.8) is 0 Å². The van der Waals surface area contributed by atoms with E-state index >= 15 is 0 Å². The Morgan fingerprint density at radius 2 is 2.23 bits per heavy atom. The molecule has 0 radical (unpaired) electrons. The summed E-state index contributed by atoms with van der Waals surface area (Å²) in [6.45, 7) is 2.17. The lowest BCUT2D eigenvalue weighted by atomic mass is 9.88. The maximum Gasteiger partial charge on any atom is 0.287 e. The Balaban J connectivity index is 1.52. The molecule has 2 amide bonds. The summed E-state index contributed by atoms with van der Waals surface area (Å²) in [6.07, 6.45) is 3.90. The van der Waals surface area contributed by atoms with Crippen LogP contribution in [0.4, 0.5) is 10.2 Å². The quantitative estimate of drug-likeness (QED) is 0.565. The molecule has 0 bridgehead atoms. The highest BCUT2D eigenvalue weighted by molar-refractivity contribution is 5.96. The largest absolute Gasteiger partial charge is 0.459 e. The zero-order chi connectivity index (χ0) is 22.0. The minimum Gasteiger partial charge on any atom is -0.459 e. The molecular formula is C23H23FN4O3. The Hall–Kier alpha value is -3.52. The van der Waals surface area contributed by atoms with Crippen LogP contribution in [0, 0.1) is 5.82 Å². The number of anilines is 1. The molecule has 2 atom stereocenters. The number of benzene rings is 1. The molecule has 4 rings (SSSR count). The van der Waals surface area contributed by atoms with E-state index in [4.69, 9.17) is 10.2 Å². The number of amides is 2. The maximum atomic E-state index is 13.4. The average Bonchev–Trinajstić information content (AvgIpc) is 3.23. The van der Waals surface area contributed by atoms with Crippen LogP contribution in [0.2, 0.25) is 0 Å². The Morgan fingerprint density at radius 1 is 1.39 bits per heavy atom. The number of pyridine rings is 1. The highest BCUT2D eigenvalue weighted by Crippen LogP contribution is 2.38. The van der Waals surface area contributed by atoms with Crippen molar-refractivity contribution in [1.29, 1.82) is 0 Å². The SMILES string of the molecule is C[C@H]1CC(=O)Nc2nccc(-c3coc(C(=O)NC(CN)Cc4cccc(F)c4)c3)c21. The lowest BCUT2D eigenvalue weighted by Gasteiger charge is -2.23. The molecule has 0 spiro atoms. The molecule has 8 heteroatoms. The first-order chi connectivity index (χ1) is 14.9. The Morgan fingerprint density at radius 3 is 3.00 bits per heavy atom. The Bertz CT molecular complexity index is 1130. The predicted octanol–water partition coefficient (Wildman–Crippen LogP) is 3.23. The van der Waals surface area contributed by atoms with Gasteiger partial charge in [0.1, 0.15) is 11.6 Å². The van der Waals surface area contributed by atoms with E-state index < -0.39 is 5.91 Å². The fourth-order valence-electron chi connectivity index (χ4n) is 3.88. The van der Waals surface area contributed by atoms with E-state index in [0.29, 0.717) is 18.7 Å². The van der Waals surface area contributed by atoms with Crippen LogP contribution in [0.15, 0.2) is 53.3 Å². The summed E-state index contributed by atoms with van der Waals surface area (Å²) in [5.74, 6) is -0.128. The minimum atomic E-state index is -0.401. The molecule has 160 valence electrons. The fraction of sp³-hybridized carbons (Fsp3) is 0.261. The molecule has 0 aliphatic carbocycles. The van der Waals surface area contributed by atoms with Crippen molar-refractivity contribution in [1.82, 2.24) is 10.3 Å². The van der Waals surface area contributed by atoms with Crippen molar-refractivity contribution in [2.45, 2.75) is 31.7 Å². The molecule has 1 aliphatic rings. The van der Waals surface area contributed by atoms with E-state index in [0.717, 1.165) is 22.3 Å². The smallest absolute Gasteiger partial charge is 0.287 e. The first kappa shape index (κ1) is 20.7. The normalized spacial score (nSPS) is 16.4. The molecule has 2 aromatic heterocycles. The van der Waals surface area contributed by atoms with E-state index in [-0.39, 0.29) is 36.0 Å². The summed E-state index contributed by atoms with van der Waals surface area (Å²) < 4.78 is 18.9. The number of nitrogens with one attached hydrogen (secondary N) is 2. The van der Waals surface area contributed by atoms with Gasteiger partial charge in [-0.05, 0) is 47.7 Å². The number of rotatable bonds is 6. The highest BCUT2D eigenvalue weighted by Gasteiger charge is 2.27. The number of fused-ring (bicyclic) bond motifs is 1. The Kier molecular flexibility index (Phi) is 5.81. The van der Waals surface area contributed by atoms with Crippen LogP contribution in [0.1, 0.15) is 40.9 Å². The van der Waals surface area contributed by atoms with Crippen LogP contribution < -0.4 is 16.4 Å². The number of hydrogen-bond acceptors (Lipinski definition) is 5. The zero-order valence-electron chi connectivity index (χ0n) is 17.0. The number of nitrogens with two attached hydrogens (primary N) is 1. The number of nitrogens with zero attached hydrogens (tertiary/aromatic N) is 1. The number of carbonyl (C=O) groups excluding carboxylic acids is 2. The van der Waals surface area contributed by atoms with Gasteiger partial charge in [-0.1, -0.05) is 19.1 Å². The maximum absolute atomic E-state index is 13.4. The lowest BCUT2D eigenvalue weighted by molar-refractivity contribution is -0.116. The van der Waals surface area contributed by atoms with Crippen LogP contribution in [0.5, 0.6) is 0 Å². The first-order valence-corrected chi connectivity index (χ1v) is 10.1. The summed E-state index contributed by atoms with van der Waals surface area (Å²) in [5, 5.41) is 5.63. The van der Waals surface area contributed by atoms with Gasteiger partial charge >= 0.3 is 0 Å². The van der Waals surface area contributed by atoms with Gasteiger partial charge in [-0.25, -0.2) is 9.37 Å². The van der Waals surface area contributed by atoms with Crippen molar-refractivity contribution in [3.05, 3.63) is 71.6 Å². The standard InChI is InChI=1S/C23H23FN4O3/c1-13-7-20(29)28-22-21(13)18(5-6-26-22)15-10-19(31-12-15)23(30)27-17(11-25)9-14-3-2-4-16(24)8-14/h2-6,8,10,12-13,17H,7,9,11,25H2,1H3,(H,27,30)(H,26,28,29)/t13-,17?/m0/s1. The third kappa shape index (κ3) is 4.49. The number of furan rings is 1. The van der Waals surface area contributed by atoms with E-state index in [2.05, 4.69) is 15.6 Å². The van der Waals surface area contributed by atoms with Crippen LogP contribution in [0.25, 0.3) is 11.1 Å². The Labute approximate surface area is 178 Å². The fourth-order valence-corrected chi connectivity index (χ4v) is 3.88. The predicted molar refractivity (Wildman–Crippen MR) is 114 cm³/mol. The molecule has 0 saturated carbocycles. The molecule has 1 aliphatic heterocycles. The third-order valence-electron chi connectivity index (χ3n) is 5.36. The average molecular weight is 422 g/mol. The van der Waals surface area contributed by atoms with Gasteiger partial charge in [-0.2, -0.15) is 0 Å². The summed E-state index contributed by atoms with van der Waals surface area (Å²) >= 11 is 0. The topological polar surface area (TPSA) is 110 Å². The highest BCUT2D eigenvalue weighted by atomic mass is 19.1. The second kappa shape index (κ2) is 8.69. The van der Waals surface area contributed by atoms with Gasteiger partial charge in [0.2, 0.25) is 5.91 Å². The van der Waals surface area contributed by atoms with E-state index in [1.165, 1.54) is 18.4 Å². The molecule has 3 heterocycles. The van der Waals surface area contributed by atoms with Gasteiger partial charge in [0.05, 0.1) is 6.26 Å². The molecule has 1 unspecified atom stereocenters. The summed E-state index contributed by atoms with van der Waals surface area (Å²) in [4.78, 5) is 28.8. The van der Waals surface area contributed by atoms with Gasteiger partial charge in [-0.15, -0.1) is 0 Å². The second-order valence-electron chi connectivity index (χ2n) is 7.71. The number of aromatic nitrogens is 1. The molecule has 1 aromatic carbocycles. The minimum absolute atomic E-state index is 0.00693. The van der Waals surface area contributed by atoms with Gasteiger partial charge in [0.25, 0.3) is 5.91 Å². The van der Waals surface area contributed by atoms with E-state index in [9.17, 15) is 14.0 Å². The van der Waals surface area contributed by atoms with Crippen LogP contribution in [-0.2, 0) is 11.2 Å². The van der Waals surface area contributed by atoms with E-state index in [1.54, 1.807) is 24.4 Å². The van der Waals surface area contributed by atoms with Crippen LogP contribution in [-0.4, -0.2) is 29.4 Å². The van der Waals surface area contributed by atoms with E-state index in [1.807, 2.05) is 13.0 Å². The summed E-state index contributed by atoms with van der Waals surface area (Å²) in [7, 11) is 0. The summed E-state index contributed by atoms with van der Waals surface area (Å²) in [6, 6.07) is 9.33. The zero-order valence-corrected chi connectivity index (χ0v) is 17.0. The van der Waals surface area contributed by atoms with Gasteiger partial charge < -0.3 is 20.8 Å². The molecule has 7 nitrogen and oxygen atoms in total. The van der Waals surface area contributed by atoms with Gasteiger partial charge in [0, 0.05) is 36.3 Å². The van der Waals surface area contributed by atoms with Crippen molar-refractivity contribution >= 4 is 17.6 Å². The molecule has 31 heavy (non-hydrogen) atoms. The third-order valence-corrected chi connectivity index (χ3v) is 5.36. The van der Waals surface area contributed by atoms with Crippen molar-refractivity contribution in [2.75, 3.05) is 11.9 Å². The van der Waals surface area contributed by atoms with Crippen molar-refractivity contribution in [3.8, 4) is 11.1 Å². The number of hydrogen-bond donors (Lipinski definition) is 3. The van der Waals surface area contributed by atoms with Gasteiger partial charge in [0.15, 0.2) is 5.76 Å².